The maximum atomic E-state index is 12.7. The van der Waals surface area contributed by atoms with E-state index in [-0.39, 0.29) is 11.9 Å². The second-order valence-electron chi connectivity index (χ2n) is 7.10. The molecule has 3 aliphatic heterocycles. The third-order valence-electron chi connectivity index (χ3n) is 5.33. The predicted octanol–water partition coefficient (Wildman–Crippen LogP) is 2.78. The van der Waals surface area contributed by atoms with E-state index in [9.17, 15) is 4.79 Å². The van der Waals surface area contributed by atoms with Gasteiger partial charge in [-0.1, -0.05) is 13.8 Å². The second kappa shape index (κ2) is 5.64. The number of rotatable bonds is 3. The van der Waals surface area contributed by atoms with Gasteiger partial charge in [-0.2, -0.15) is 0 Å². The largest absolute Gasteiger partial charge is 0.462 e. The summed E-state index contributed by atoms with van der Waals surface area (Å²) >= 11 is 0. The minimum absolute atomic E-state index is 0.112. The molecule has 1 amide bonds. The molecule has 3 aliphatic rings. The van der Waals surface area contributed by atoms with E-state index in [1.807, 2.05) is 6.07 Å². The molecule has 2 aromatic rings. The van der Waals surface area contributed by atoms with E-state index in [0.717, 1.165) is 17.5 Å². The first-order chi connectivity index (χ1) is 11.1. The van der Waals surface area contributed by atoms with E-state index in [4.69, 9.17) is 4.42 Å². The van der Waals surface area contributed by atoms with Gasteiger partial charge < -0.3 is 14.6 Å². The zero-order valence-electron chi connectivity index (χ0n) is 13.7. The van der Waals surface area contributed by atoms with E-state index in [1.54, 1.807) is 12.5 Å². The molecule has 5 heterocycles. The number of hydrogen-bond donors (Lipinski definition) is 1. The van der Waals surface area contributed by atoms with Crippen molar-refractivity contribution in [3.63, 3.8) is 0 Å². The van der Waals surface area contributed by atoms with Crippen LogP contribution in [0, 0.1) is 5.92 Å². The van der Waals surface area contributed by atoms with Gasteiger partial charge in [0, 0.05) is 29.7 Å². The molecule has 0 unspecified atom stereocenters. The number of furan rings is 1. The zero-order chi connectivity index (χ0) is 16.0. The van der Waals surface area contributed by atoms with Gasteiger partial charge in [0.1, 0.15) is 0 Å². The number of amides is 1. The third-order valence-corrected chi connectivity index (χ3v) is 5.33. The lowest BCUT2D eigenvalue weighted by Gasteiger charge is -2.44. The fourth-order valence-electron chi connectivity index (χ4n) is 3.95. The van der Waals surface area contributed by atoms with Crippen molar-refractivity contribution in [3.8, 4) is 0 Å². The van der Waals surface area contributed by atoms with Gasteiger partial charge in [0.2, 0.25) is 0 Å². The molecule has 0 saturated carbocycles. The summed E-state index contributed by atoms with van der Waals surface area (Å²) in [6, 6.07) is 2.17. The molecular weight excluding hydrogens is 290 g/mol. The molecule has 122 valence electrons. The van der Waals surface area contributed by atoms with Gasteiger partial charge in [-0.3, -0.25) is 4.79 Å². The molecule has 0 aliphatic carbocycles. The number of piperidine rings is 3. The number of carbonyl (C=O) groups is 1. The van der Waals surface area contributed by atoms with E-state index in [1.165, 1.54) is 25.9 Å². The molecule has 0 aromatic carbocycles. The molecule has 5 rings (SSSR count). The summed E-state index contributed by atoms with van der Waals surface area (Å²) in [4.78, 5) is 19.5. The zero-order valence-corrected chi connectivity index (χ0v) is 13.7. The minimum Gasteiger partial charge on any atom is -0.462 e. The quantitative estimate of drug-likeness (QED) is 0.946. The lowest BCUT2D eigenvalue weighted by Crippen LogP contribution is -2.57. The Balaban J connectivity index is 1.60. The molecule has 23 heavy (non-hydrogen) atoms. The first kappa shape index (κ1) is 14.7. The number of aromatic nitrogens is 1. The number of nitrogens with zero attached hydrogens (tertiary/aromatic N) is 2. The molecular formula is C18H23N3O2. The first-order valence-corrected chi connectivity index (χ1v) is 8.53. The van der Waals surface area contributed by atoms with E-state index < -0.39 is 0 Å². The van der Waals surface area contributed by atoms with Crippen LogP contribution in [0.3, 0.4) is 0 Å². The van der Waals surface area contributed by atoms with Gasteiger partial charge in [-0.05, 0) is 43.8 Å². The van der Waals surface area contributed by atoms with E-state index in [0.29, 0.717) is 23.1 Å². The van der Waals surface area contributed by atoms with Crippen LogP contribution in [-0.4, -0.2) is 41.5 Å². The van der Waals surface area contributed by atoms with Gasteiger partial charge in [0.25, 0.3) is 5.91 Å². The highest BCUT2D eigenvalue weighted by Gasteiger charge is 2.35. The highest BCUT2D eigenvalue weighted by Crippen LogP contribution is 2.30. The van der Waals surface area contributed by atoms with Crippen molar-refractivity contribution >= 4 is 16.9 Å². The fraction of sp³-hybridized carbons (Fsp3) is 0.556. The van der Waals surface area contributed by atoms with Crippen LogP contribution in [0.15, 0.2) is 22.9 Å². The van der Waals surface area contributed by atoms with Crippen molar-refractivity contribution in [2.24, 2.45) is 5.92 Å². The summed E-state index contributed by atoms with van der Waals surface area (Å²) in [7, 11) is 0. The normalized spacial score (nSPS) is 26.8. The molecule has 2 bridgehead atoms. The Hall–Kier alpha value is -1.88. The van der Waals surface area contributed by atoms with Gasteiger partial charge >= 0.3 is 0 Å². The van der Waals surface area contributed by atoms with Crippen molar-refractivity contribution < 1.29 is 9.21 Å². The van der Waals surface area contributed by atoms with Crippen LogP contribution in [0.5, 0.6) is 0 Å². The third kappa shape index (κ3) is 2.53. The summed E-state index contributed by atoms with van der Waals surface area (Å²) in [5, 5.41) is 4.19. The Labute approximate surface area is 136 Å². The van der Waals surface area contributed by atoms with Crippen LogP contribution in [0.1, 0.15) is 48.7 Å². The summed E-state index contributed by atoms with van der Waals surface area (Å²) in [6.07, 6.45) is 5.82. The Kier molecular flexibility index (Phi) is 3.60. The smallest absolute Gasteiger partial charge is 0.274 e. The molecule has 3 fully saturated rings. The molecule has 5 heteroatoms. The van der Waals surface area contributed by atoms with E-state index in [2.05, 4.69) is 29.0 Å². The predicted molar refractivity (Wildman–Crippen MR) is 88.5 cm³/mol. The number of hydrogen-bond acceptors (Lipinski definition) is 4. The van der Waals surface area contributed by atoms with Crippen LogP contribution in [0.2, 0.25) is 0 Å². The lowest BCUT2D eigenvalue weighted by molar-refractivity contribution is 0.0618. The molecule has 5 nitrogen and oxygen atoms in total. The fourth-order valence-corrected chi connectivity index (χ4v) is 3.95. The van der Waals surface area contributed by atoms with Crippen molar-refractivity contribution in [2.75, 3.05) is 19.6 Å². The van der Waals surface area contributed by atoms with E-state index >= 15 is 0 Å². The van der Waals surface area contributed by atoms with Gasteiger partial charge in [0.15, 0.2) is 11.3 Å². The van der Waals surface area contributed by atoms with Crippen molar-refractivity contribution in [1.29, 1.82) is 0 Å². The first-order valence-electron chi connectivity index (χ1n) is 8.53. The number of nitrogens with one attached hydrogen (secondary N) is 1. The summed E-state index contributed by atoms with van der Waals surface area (Å²) in [5.74, 6) is 0.849. The lowest BCUT2D eigenvalue weighted by atomic mass is 9.84. The topological polar surface area (TPSA) is 58.4 Å². The monoisotopic (exact) mass is 313 g/mol. The summed E-state index contributed by atoms with van der Waals surface area (Å²) in [5.41, 5.74) is 2.14. The molecule has 0 radical (unpaired) electrons. The van der Waals surface area contributed by atoms with Crippen molar-refractivity contribution in [3.05, 3.63) is 29.8 Å². The Morgan fingerprint density at radius 1 is 1.39 bits per heavy atom. The summed E-state index contributed by atoms with van der Waals surface area (Å²) in [6.45, 7) is 7.54. The standard InChI is InChI=1S/C18H23N3O2/c1-11(2)14-10-23-17-13(14)3-6-19-16(17)18(22)20-15-9-21-7-4-12(15)5-8-21/h3,6,10-12,15H,4-5,7-9H2,1-2H3,(H,20,22)/t15-/m1/s1. The maximum absolute atomic E-state index is 12.7. The average Bonchev–Trinajstić information content (AvgIpc) is 3.00. The van der Waals surface area contributed by atoms with Gasteiger partial charge in [-0.15, -0.1) is 0 Å². The number of carbonyl (C=O) groups excluding carboxylic acids is 1. The molecule has 2 aromatic heterocycles. The van der Waals surface area contributed by atoms with Crippen molar-refractivity contribution in [1.82, 2.24) is 15.2 Å². The van der Waals surface area contributed by atoms with Crippen LogP contribution in [-0.2, 0) is 0 Å². The molecule has 1 N–H and O–H groups in total. The number of pyridine rings is 1. The number of fused-ring (bicyclic) bond motifs is 4. The SMILES string of the molecule is CC(C)c1coc2c(C(=O)N[C@@H]3CN4CCC3CC4)nccc12. The Morgan fingerprint density at radius 2 is 2.17 bits per heavy atom. The second-order valence-corrected chi connectivity index (χ2v) is 7.10. The maximum Gasteiger partial charge on any atom is 0.274 e. The summed E-state index contributed by atoms with van der Waals surface area (Å²) < 4.78 is 5.68. The molecule has 0 spiro atoms. The van der Waals surface area contributed by atoms with Crippen LogP contribution >= 0.6 is 0 Å². The molecule has 3 saturated heterocycles. The van der Waals surface area contributed by atoms with Crippen molar-refractivity contribution in [2.45, 2.75) is 38.6 Å². The Bertz CT molecular complexity index is 729. The average molecular weight is 313 g/mol. The van der Waals surface area contributed by atoms with Crippen LogP contribution < -0.4 is 5.32 Å². The van der Waals surface area contributed by atoms with Gasteiger partial charge in [-0.25, -0.2) is 4.98 Å². The van der Waals surface area contributed by atoms with Gasteiger partial charge in [0.05, 0.1) is 6.26 Å². The highest BCUT2D eigenvalue weighted by atomic mass is 16.3. The highest BCUT2D eigenvalue weighted by molar-refractivity contribution is 6.03. The molecule has 1 atom stereocenters. The minimum atomic E-state index is -0.112. The van der Waals surface area contributed by atoms with Crippen LogP contribution in [0.4, 0.5) is 0 Å². The van der Waals surface area contributed by atoms with Crippen LogP contribution in [0.25, 0.3) is 11.0 Å². The Morgan fingerprint density at radius 3 is 2.83 bits per heavy atom.